The number of carbonyl (C=O) groups is 1. The summed E-state index contributed by atoms with van der Waals surface area (Å²) in [5.41, 5.74) is 1.92. The molecule has 1 aromatic heterocycles. The molecule has 8 heteroatoms. The molecule has 0 bridgehead atoms. The molecule has 4 rings (SSSR count). The molecule has 1 N–H and O–H groups in total. The Bertz CT molecular complexity index is 1200. The molecule has 0 unspecified atom stereocenters. The van der Waals surface area contributed by atoms with Crippen LogP contribution in [-0.2, 0) is 11.3 Å². The number of halogens is 2. The van der Waals surface area contributed by atoms with Crippen LogP contribution in [0.15, 0.2) is 84.0 Å². The monoisotopic (exact) mass is 452 g/mol. The van der Waals surface area contributed by atoms with Crippen LogP contribution in [0.5, 0.6) is 0 Å². The van der Waals surface area contributed by atoms with E-state index in [1.165, 1.54) is 17.8 Å². The van der Waals surface area contributed by atoms with E-state index in [-0.39, 0.29) is 17.5 Å². The Morgan fingerprint density at radius 2 is 1.68 bits per heavy atom. The van der Waals surface area contributed by atoms with E-state index in [9.17, 15) is 9.18 Å². The molecule has 0 saturated carbocycles. The molecule has 0 spiro atoms. The molecule has 0 aliphatic heterocycles. The summed E-state index contributed by atoms with van der Waals surface area (Å²) in [5, 5.41) is 12.2. The van der Waals surface area contributed by atoms with Crippen molar-refractivity contribution in [2.75, 3.05) is 11.1 Å². The normalized spacial score (nSPS) is 10.8. The van der Waals surface area contributed by atoms with Gasteiger partial charge in [-0.25, -0.2) is 4.39 Å². The zero-order valence-electron chi connectivity index (χ0n) is 16.3. The predicted molar refractivity (Wildman–Crippen MR) is 122 cm³/mol. The van der Waals surface area contributed by atoms with Crippen molar-refractivity contribution < 1.29 is 9.18 Å². The largest absolute Gasteiger partial charge is 0.324 e. The third-order valence-corrected chi connectivity index (χ3v) is 5.79. The Labute approximate surface area is 188 Å². The standard InChI is InChI=1S/C23H18ClFN4OS/c24-18-11-5-7-13-20(18)26-21(30)15-31-23-28-27-22(17-10-4-6-12-19(17)25)29(23)14-16-8-2-1-3-9-16/h1-13H,14-15H2,(H,26,30). The van der Waals surface area contributed by atoms with Crippen LogP contribution in [-0.4, -0.2) is 26.4 Å². The smallest absolute Gasteiger partial charge is 0.234 e. The SMILES string of the molecule is O=C(CSc1nnc(-c2ccccc2F)n1Cc1ccccc1)Nc1ccccc1Cl. The summed E-state index contributed by atoms with van der Waals surface area (Å²) in [4.78, 5) is 12.4. The van der Waals surface area contributed by atoms with Gasteiger partial charge in [0.25, 0.3) is 0 Å². The van der Waals surface area contributed by atoms with Crippen molar-refractivity contribution >= 4 is 35.0 Å². The number of nitrogens with one attached hydrogen (secondary N) is 1. The summed E-state index contributed by atoms with van der Waals surface area (Å²) < 4.78 is 16.3. The van der Waals surface area contributed by atoms with E-state index in [1.54, 1.807) is 42.5 Å². The molecule has 1 amide bonds. The van der Waals surface area contributed by atoms with Crippen molar-refractivity contribution in [3.8, 4) is 11.4 Å². The van der Waals surface area contributed by atoms with Crippen molar-refractivity contribution in [2.45, 2.75) is 11.7 Å². The van der Waals surface area contributed by atoms with E-state index in [0.29, 0.717) is 33.8 Å². The molecule has 4 aromatic rings. The number of benzene rings is 3. The first-order chi connectivity index (χ1) is 15.1. The van der Waals surface area contributed by atoms with Crippen molar-refractivity contribution in [3.05, 3.63) is 95.3 Å². The molecule has 0 aliphatic carbocycles. The molecular weight excluding hydrogens is 435 g/mol. The van der Waals surface area contributed by atoms with Gasteiger partial charge in [0, 0.05) is 0 Å². The second kappa shape index (κ2) is 9.76. The lowest BCUT2D eigenvalue weighted by atomic mass is 10.2. The lowest BCUT2D eigenvalue weighted by Gasteiger charge is -2.11. The number of anilines is 1. The lowest BCUT2D eigenvalue weighted by Crippen LogP contribution is -2.15. The number of carbonyl (C=O) groups excluding carboxylic acids is 1. The summed E-state index contributed by atoms with van der Waals surface area (Å²) in [6, 6.07) is 23.2. The Kier molecular flexibility index (Phi) is 6.64. The van der Waals surface area contributed by atoms with Gasteiger partial charge in [-0.2, -0.15) is 0 Å². The Balaban J connectivity index is 1.57. The Morgan fingerprint density at radius 1 is 0.968 bits per heavy atom. The molecule has 0 fully saturated rings. The average molecular weight is 453 g/mol. The van der Waals surface area contributed by atoms with Crippen LogP contribution in [0.25, 0.3) is 11.4 Å². The summed E-state index contributed by atoms with van der Waals surface area (Å²) >= 11 is 7.34. The van der Waals surface area contributed by atoms with Crippen molar-refractivity contribution in [1.29, 1.82) is 0 Å². The van der Waals surface area contributed by atoms with Crippen LogP contribution in [0.1, 0.15) is 5.56 Å². The maximum Gasteiger partial charge on any atom is 0.234 e. The number of thioether (sulfide) groups is 1. The van der Waals surface area contributed by atoms with Crippen molar-refractivity contribution in [3.63, 3.8) is 0 Å². The zero-order valence-corrected chi connectivity index (χ0v) is 17.9. The summed E-state index contributed by atoms with van der Waals surface area (Å²) in [6.45, 7) is 0.450. The van der Waals surface area contributed by atoms with E-state index >= 15 is 0 Å². The number of amides is 1. The van der Waals surface area contributed by atoms with E-state index in [1.807, 2.05) is 34.9 Å². The Morgan fingerprint density at radius 3 is 2.45 bits per heavy atom. The molecule has 1 heterocycles. The third-order valence-electron chi connectivity index (χ3n) is 4.50. The molecule has 3 aromatic carbocycles. The Hall–Kier alpha value is -3.16. The van der Waals surface area contributed by atoms with E-state index in [2.05, 4.69) is 15.5 Å². The molecule has 0 radical (unpaired) electrons. The van der Waals surface area contributed by atoms with Crippen LogP contribution >= 0.6 is 23.4 Å². The van der Waals surface area contributed by atoms with Gasteiger partial charge in [0.05, 0.1) is 28.6 Å². The van der Waals surface area contributed by atoms with Gasteiger partial charge in [0.2, 0.25) is 5.91 Å². The first-order valence-corrected chi connectivity index (χ1v) is 10.9. The number of nitrogens with zero attached hydrogens (tertiary/aromatic N) is 3. The van der Waals surface area contributed by atoms with Crippen LogP contribution in [0.4, 0.5) is 10.1 Å². The highest BCUT2D eigenvalue weighted by Gasteiger charge is 2.18. The summed E-state index contributed by atoms with van der Waals surface area (Å²) in [5.74, 6) is -0.0805. The first-order valence-electron chi connectivity index (χ1n) is 9.51. The maximum atomic E-state index is 14.4. The molecule has 0 atom stereocenters. The average Bonchev–Trinajstić information content (AvgIpc) is 3.17. The van der Waals surface area contributed by atoms with Gasteiger partial charge < -0.3 is 5.32 Å². The molecule has 0 saturated heterocycles. The van der Waals surface area contributed by atoms with Crippen molar-refractivity contribution in [2.24, 2.45) is 0 Å². The van der Waals surface area contributed by atoms with Crippen LogP contribution in [0, 0.1) is 5.82 Å². The molecule has 0 aliphatic rings. The van der Waals surface area contributed by atoms with Crippen LogP contribution in [0.2, 0.25) is 5.02 Å². The highest BCUT2D eigenvalue weighted by molar-refractivity contribution is 7.99. The minimum atomic E-state index is -0.378. The minimum Gasteiger partial charge on any atom is -0.324 e. The van der Waals surface area contributed by atoms with Gasteiger partial charge in [0.15, 0.2) is 11.0 Å². The number of aromatic nitrogens is 3. The maximum absolute atomic E-state index is 14.4. The predicted octanol–water partition coefficient (Wildman–Crippen LogP) is 5.52. The van der Waals surface area contributed by atoms with Gasteiger partial charge in [-0.15, -0.1) is 10.2 Å². The highest BCUT2D eigenvalue weighted by atomic mass is 35.5. The van der Waals surface area contributed by atoms with Gasteiger partial charge >= 0.3 is 0 Å². The fraction of sp³-hybridized carbons (Fsp3) is 0.0870. The van der Waals surface area contributed by atoms with Gasteiger partial charge in [-0.05, 0) is 29.8 Å². The minimum absolute atomic E-state index is 0.107. The number of hydrogen-bond acceptors (Lipinski definition) is 4. The van der Waals surface area contributed by atoms with Crippen molar-refractivity contribution in [1.82, 2.24) is 14.8 Å². The molecular formula is C23H18ClFN4OS. The molecule has 156 valence electrons. The number of rotatable bonds is 7. The fourth-order valence-electron chi connectivity index (χ4n) is 3.02. The number of hydrogen-bond donors (Lipinski definition) is 1. The van der Waals surface area contributed by atoms with E-state index in [4.69, 9.17) is 11.6 Å². The third kappa shape index (κ3) is 5.13. The fourth-order valence-corrected chi connectivity index (χ4v) is 3.95. The van der Waals surface area contributed by atoms with E-state index < -0.39 is 0 Å². The van der Waals surface area contributed by atoms with Gasteiger partial charge in [-0.1, -0.05) is 78.0 Å². The van der Waals surface area contributed by atoms with Gasteiger partial charge in [-0.3, -0.25) is 9.36 Å². The molecule has 31 heavy (non-hydrogen) atoms. The second-order valence-corrected chi connectivity index (χ2v) is 8.02. The van der Waals surface area contributed by atoms with Crippen LogP contribution < -0.4 is 5.32 Å². The summed E-state index contributed by atoms with van der Waals surface area (Å²) in [7, 11) is 0. The lowest BCUT2D eigenvalue weighted by molar-refractivity contribution is -0.113. The topological polar surface area (TPSA) is 59.8 Å². The quantitative estimate of drug-likeness (QED) is 0.375. The highest BCUT2D eigenvalue weighted by Crippen LogP contribution is 2.27. The van der Waals surface area contributed by atoms with Gasteiger partial charge in [0.1, 0.15) is 5.82 Å². The van der Waals surface area contributed by atoms with E-state index in [0.717, 1.165) is 5.56 Å². The molecule has 5 nitrogen and oxygen atoms in total. The zero-order chi connectivity index (χ0) is 21.6. The summed E-state index contributed by atoms with van der Waals surface area (Å²) in [6.07, 6.45) is 0. The second-order valence-electron chi connectivity index (χ2n) is 6.67. The first kappa shape index (κ1) is 21.1. The number of para-hydroxylation sites is 1. The van der Waals surface area contributed by atoms with Crippen LogP contribution in [0.3, 0.4) is 0 Å².